The van der Waals surface area contributed by atoms with Crippen molar-refractivity contribution in [3.63, 3.8) is 0 Å². The second-order valence-electron chi connectivity index (χ2n) is 13.4. The SMILES string of the molecule is CCCCCCCCCCCCCCCC(=O)C(O)(C(=O)CCCCCCCCCCCCCCC)[C@H](CO)ONCCO[PH](=O)O. The smallest absolute Gasteiger partial charge is 0.316 e. The van der Waals surface area contributed by atoms with Crippen LogP contribution in [0.1, 0.15) is 194 Å². The van der Waals surface area contributed by atoms with Crippen molar-refractivity contribution in [3.8, 4) is 0 Å². The van der Waals surface area contributed by atoms with Crippen LogP contribution in [0.3, 0.4) is 0 Å². The fourth-order valence-electron chi connectivity index (χ4n) is 6.10. The van der Waals surface area contributed by atoms with Crippen LogP contribution in [0.4, 0.5) is 0 Å². The van der Waals surface area contributed by atoms with E-state index in [1.54, 1.807) is 0 Å². The summed E-state index contributed by atoms with van der Waals surface area (Å²) in [5.41, 5.74) is 0.00186. The molecule has 0 aromatic rings. The first-order valence-corrected chi connectivity index (χ1v) is 20.7. The van der Waals surface area contributed by atoms with Gasteiger partial charge in [0.2, 0.25) is 5.60 Å². The molecule has 0 aromatic carbocycles. The molecule has 1 unspecified atom stereocenters. The molecular formula is C37H74NO8P. The zero-order chi connectivity index (χ0) is 34.9. The number of aliphatic hydroxyl groups excluding tert-OH is 1. The van der Waals surface area contributed by atoms with E-state index in [-0.39, 0.29) is 26.0 Å². The number of rotatable bonds is 38. The van der Waals surface area contributed by atoms with E-state index in [0.29, 0.717) is 12.8 Å². The van der Waals surface area contributed by atoms with Gasteiger partial charge in [0, 0.05) is 19.4 Å². The number of hydrogen-bond donors (Lipinski definition) is 4. The molecule has 0 aromatic heterocycles. The molecule has 0 radical (unpaired) electrons. The highest BCUT2D eigenvalue weighted by Gasteiger charge is 2.50. The Labute approximate surface area is 288 Å². The Kier molecular flexibility index (Phi) is 33.3. The van der Waals surface area contributed by atoms with Gasteiger partial charge in [-0.25, -0.2) is 0 Å². The minimum absolute atomic E-state index is 0.0242. The minimum Gasteiger partial charge on any atom is -0.393 e. The van der Waals surface area contributed by atoms with Gasteiger partial charge < -0.3 is 19.6 Å². The van der Waals surface area contributed by atoms with Gasteiger partial charge in [-0.05, 0) is 12.8 Å². The zero-order valence-corrected chi connectivity index (χ0v) is 31.4. The van der Waals surface area contributed by atoms with Gasteiger partial charge in [0.15, 0.2) is 11.6 Å². The van der Waals surface area contributed by atoms with Gasteiger partial charge in [-0.2, -0.15) is 5.48 Å². The molecule has 0 heterocycles. The predicted octanol–water partition coefficient (Wildman–Crippen LogP) is 9.10. The molecule has 0 amide bonds. The van der Waals surface area contributed by atoms with Gasteiger partial charge in [-0.15, -0.1) is 0 Å². The maximum absolute atomic E-state index is 13.3. The summed E-state index contributed by atoms with van der Waals surface area (Å²) in [4.78, 5) is 40.8. The van der Waals surface area contributed by atoms with Crippen LogP contribution in [0, 0.1) is 0 Å². The maximum atomic E-state index is 13.3. The summed E-state index contributed by atoms with van der Waals surface area (Å²) in [5, 5.41) is 21.5. The molecule has 0 saturated carbocycles. The second kappa shape index (κ2) is 33.8. The molecule has 47 heavy (non-hydrogen) atoms. The molecule has 0 saturated heterocycles. The Morgan fingerprint density at radius 2 is 0.936 bits per heavy atom. The third-order valence-corrected chi connectivity index (χ3v) is 9.60. The van der Waals surface area contributed by atoms with E-state index in [4.69, 9.17) is 9.73 Å². The number of hydrogen-bond acceptors (Lipinski definition) is 8. The lowest BCUT2D eigenvalue weighted by Crippen LogP contribution is -2.59. The molecule has 0 fully saturated rings. The fourth-order valence-corrected chi connectivity index (χ4v) is 6.37. The Hall–Kier alpha value is -0.670. The Balaban J connectivity index is 4.59. The molecule has 0 bridgehead atoms. The molecule has 280 valence electrons. The van der Waals surface area contributed by atoms with Crippen LogP contribution < -0.4 is 5.48 Å². The first-order valence-electron chi connectivity index (χ1n) is 19.5. The number of hydroxylamine groups is 1. The topological polar surface area (TPSA) is 142 Å². The van der Waals surface area contributed by atoms with Crippen molar-refractivity contribution < 1.29 is 38.6 Å². The molecule has 0 aliphatic rings. The normalized spacial score (nSPS) is 13.2. The van der Waals surface area contributed by atoms with Crippen molar-refractivity contribution in [1.29, 1.82) is 0 Å². The molecule has 0 aliphatic heterocycles. The summed E-state index contributed by atoms with van der Waals surface area (Å²) in [7, 11) is -3.10. The summed E-state index contributed by atoms with van der Waals surface area (Å²) in [5.74, 6) is -1.25. The van der Waals surface area contributed by atoms with Crippen LogP contribution in [-0.4, -0.2) is 58.1 Å². The standard InChI is InChI=1S/C37H74NO8P/c1-3-5-7-9-11-13-15-17-19-21-23-25-27-29-34(40)37(42,36(33-39)46-38-31-32-45-47(43)44)35(41)30-28-26-24-22-20-18-16-14-12-10-8-6-4-2/h36,38-39,42,47H,3-33H2,1-2H3,(H,43,44)/t36-/m0/s1. The first-order chi connectivity index (χ1) is 22.8. The second-order valence-corrected chi connectivity index (χ2v) is 14.2. The molecular weight excluding hydrogens is 617 g/mol. The summed E-state index contributed by atoms with van der Waals surface area (Å²) in [6, 6.07) is 0. The van der Waals surface area contributed by atoms with Crippen LogP contribution in [0.5, 0.6) is 0 Å². The predicted molar refractivity (Wildman–Crippen MR) is 193 cm³/mol. The highest BCUT2D eigenvalue weighted by molar-refractivity contribution is 7.32. The summed E-state index contributed by atoms with van der Waals surface area (Å²) < 4.78 is 15.3. The van der Waals surface area contributed by atoms with Gasteiger partial charge in [0.05, 0.1) is 13.2 Å². The molecule has 10 heteroatoms. The highest BCUT2D eigenvalue weighted by Crippen LogP contribution is 2.24. The average molecular weight is 692 g/mol. The lowest BCUT2D eigenvalue weighted by Gasteiger charge is -2.32. The third kappa shape index (κ3) is 25.9. The zero-order valence-electron chi connectivity index (χ0n) is 30.4. The summed E-state index contributed by atoms with van der Waals surface area (Å²) in [6.45, 7) is 3.56. The lowest BCUT2D eigenvalue weighted by atomic mass is 9.82. The van der Waals surface area contributed by atoms with Gasteiger partial charge in [0.25, 0.3) is 0 Å². The van der Waals surface area contributed by atoms with Crippen molar-refractivity contribution in [3.05, 3.63) is 0 Å². The van der Waals surface area contributed by atoms with Crippen LogP contribution in [0.2, 0.25) is 0 Å². The Bertz CT molecular complexity index is 712. The number of nitrogens with one attached hydrogen (secondary N) is 1. The van der Waals surface area contributed by atoms with Gasteiger partial charge in [-0.1, -0.05) is 168 Å². The van der Waals surface area contributed by atoms with Gasteiger partial charge in [0.1, 0.15) is 6.10 Å². The average Bonchev–Trinajstić information content (AvgIpc) is 3.06. The van der Waals surface area contributed by atoms with E-state index < -0.39 is 38.1 Å². The van der Waals surface area contributed by atoms with E-state index in [9.17, 15) is 24.4 Å². The molecule has 4 N–H and O–H groups in total. The highest BCUT2D eigenvalue weighted by atomic mass is 31.1. The minimum atomic E-state index is -3.10. The fraction of sp³-hybridized carbons (Fsp3) is 0.946. The summed E-state index contributed by atoms with van der Waals surface area (Å²) in [6.07, 6.45) is 28.9. The van der Waals surface area contributed by atoms with E-state index in [0.717, 1.165) is 38.5 Å². The van der Waals surface area contributed by atoms with Crippen molar-refractivity contribution in [2.75, 3.05) is 19.8 Å². The van der Waals surface area contributed by atoms with Crippen molar-refractivity contribution in [1.82, 2.24) is 5.48 Å². The maximum Gasteiger partial charge on any atom is 0.316 e. The van der Waals surface area contributed by atoms with E-state index >= 15 is 0 Å². The third-order valence-electron chi connectivity index (χ3n) is 9.15. The monoisotopic (exact) mass is 692 g/mol. The number of Topliss-reactive ketones (excluding diaryl/α,β-unsaturated/α-hetero) is 2. The molecule has 9 nitrogen and oxygen atoms in total. The Morgan fingerprint density at radius 3 is 1.23 bits per heavy atom. The quantitative estimate of drug-likeness (QED) is 0.0216. The van der Waals surface area contributed by atoms with E-state index in [1.165, 1.54) is 116 Å². The van der Waals surface area contributed by atoms with Crippen molar-refractivity contribution in [2.24, 2.45) is 0 Å². The van der Waals surface area contributed by atoms with Crippen LogP contribution in [0.15, 0.2) is 0 Å². The number of aliphatic hydroxyl groups is 2. The molecule has 2 atom stereocenters. The van der Waals surface area contributed by atoms with E-state index in [1.807, 2.05) is 0 Å². The number of carbonyl (C=O) groups excluding carboxylic acids is 2. The van der Waals surface area contributed by atoms with Gasteiger partial charge >= 0.3 is 8.25 Å². The number of carbonyl (C=O) groups is 2. The number of ketones is 2. The van der Waals surface area contributed by atoms with Crippen LogP contribution in [0.25, 0.3) is 0 Å². The lowest BCUT2D eigenvalue weighted by molar-refractivity contribution is -0.183. The van der Waals surface area contributed by atoms with Crippen LogP contribution in [-0.2, 0) is 23.5 Å². The molecule has 0 rings (SSSR count). The van der Waals surface area contributed by atoms with Crippen molar-refractivity contribution >= 4 is 19.8 Å². The molecule has 0 aliphatic carbocycles. The van der Waals surface area contributed by atoms with Crippen molar-refractivity contribution in [2.45, 2.75) is 205 Å². The Morgan fingerprint density at radius 1 is 0.617 bits per heavy atom. The molecule has 0 spiro atoms. The summed E-state index contributed by atoms with van der Waals surface area (Å²) >= 11 is 0. The van der Waals surface area contributed by atoms with Gasteiger partial charge in [-0.3, -0.25) is 19.0 Å². The largest absolute Gasteiger partial charge is 0.393 e. The first kappa shape index (κ1) is 46.3. The van der Waals surface area contributed by atoms with Crippen LogP contribution >= 0.6 is 8.25 Å². The number of unbranched alkanes of at least 4 members (excludes halogenated alkanes) is 24. The van der Waals surface area contributed by atoms with E-state index in [2.05, 4.69) is 23.9 Å².